The molecule has 1 atom stereocenters. The summed E-state index contributed by atoms with van der Waals surface area (Å²) in [7, 11) is 0. The van der Waals surface area contributed by atoms with E-state index >= 15 is 0 Å². The Morgan fingerprint density at radius 1 is 1.32 bits per heavy atom. The number of nitrogens with two attached hydrogens (primary N) is 1. The van der Waals surface area contributed by atoms with Gasteiger partial charge in [-0.05, 0) is 12.0 Å². The molecule has 19 heavy (non-hydrogen) atoms. The molecule has 0 radical (unpaired) electrons. The van der Waals surface area contributed by atoms with Crippen molar-refractivity contribution < 1.29 is 4.79 Å². The van der Waals surface area contributed by atoms with Crippen LogP contribution in [0.2, 0.25) is 0 Å². The minimum atomic E-state index is -0.268. The normalized spacial score (nSPS) is 11.8. The van der Waals surface area contributed by atoms with Gasteiger partial charge in [0.15, 0.2) is 0 Å². The third-order valence-corrected chi connectivity index (χ3v) is 2.80. The molecular formula is C14H16N4O. The van der Waals surface area contributed by atoms with Gasteiger partial charge in [-0.25, -0.2) is 4.98 Å². The first kappa shape index (κ1) is 13.0. The Balaban J connectivity index is 2.13. The van der Waals surface area contributed by atoms with Gasteiger partial charge in [0.05, 0.1) is 18.4 Å². The molecule has 2 aromatic rings. The Kier molecular flexibility index (Phi) is 4.07. The zero-order chi connectivity index (χ0) is 13.7. The maximum atomic E-state index is 12.1. The summed E-state index contributed by atoms with van der Waals surface area (Å²) in [6, 6.07) is 9.77. The largest absolute Gasteiger partial charge is 0.382 e. The standard InChI is InChI=1S/C14H16N4O/c1-2-11(10-6-4-3-5-7-10)18-14(19)12-8-16-9-13(15)17-12/h3-9,11H,2H2,1H3,(H2,15,17)(H,18,19). The molecule has 3 N–H and O–H groups in total. The molecule has 0 fully saturated rings. The van der Waals surface area contributed by atoms with Crippen molar-refractivity contribution in [2.24, 2.45) is 0 Å². The monoisotopic (exact) mass is 256 g/mol. The van der Waals surface area contributed by atoms with Crippen molar-refractivity contribution >= 4 is 11.7 Å². The molecular weight excluding hydrogens is 240 g/mol. The Morgan fingerprint density at radius 2 is 2.05 bits per heavy atom. The molecule has 1 unspecified atom stereocenters. The predicted octanol–water partition coefficient (Wildman–Crippen LogP) is 1.94. The van der Waals surface area contributed by atoms with Crippen LogP contribution < -0.4 is 11.1 Å². The molecule has 0 saturated heterocycles. The average Bonchev–Trinajstić information content (AvgIpc) is 2.45. The minimum absolute atomic E-state index is 0.0445. The average molecular weight is 256 g/mol. The van der Waals surface area contributed by atoms with Crippen molar-refractivity contribution in [3.8, 4) is 0 Å². The molecule has 0 saturated carbocycles. The number of nitrogen functional groups attached to an aromatic ring is 1. The lowest BCUT2D eigenvalue weighted by molar-refractivity contribution is 0.0930. The highest BCUT2D eigenvalue weighted by Gasteiger charge is 2.15. The molecule has 0 aliphatic rings. The van der Waals surface area contributed by atoms with Gasteiger partial charge in [-0.1, -0.05) is 37.3 Å². The molecule has 5 heteroatoms. The number of anilines is 1. The lowest BCUT2D eigenvalue weighted by Gasteiger charge is -2.17. The third kappa shape index (κ3) is 3.28. The predicted molar refractivity (Wildman–Crippen MR) is 73.4 cm³/mol. The summed E-state index contributed by atoms with van der Waals surface area (Å²) in [5, 5.41) is 2.93. The third-order valence-electron chi connectivity index (χ3n) is 2.80. The Labute approximate surface area is 111 Å². The van der Waals surface area contributed by atoms with Crippen LogP contribution in [0.1, 0.15) is 35.4 Å². The quantitative estimate of drug-likeness (QED) is 0.876. The van der Waals surface area contributed by atoms with E-state index in [4.69, 9.17) is 5.73 Å². The lowest BCUT2D eigenvalue weighted by atomic mass is 10.0. The molecule has 0 bridgehead atoms. The highest BCUT2D eigenvalue weighted by Crippen LogP contribution is 2.16. The number of nitrogens with one attached hydrogen (secondary N) is 1. The van der Waals surface area contributed by atoms with Crippen LogP contribution in [0.5, 0.6) is 0 Å². The Hall–Kier alpha value is -2.43. The number of hydrogen-bond donors (Lipinski definition) is 2. The topological polar surface area (TPSA) is 80.9 Å². The molecule has 1 heterocycles. The van der Waals surface area contributed by atoms with Crippen LogP contribution in [-0.4, -0.2) is 15.9 Å². The highest BCUT2D eigenvalue weighted by atomic mass is 16.1. The second kappa shape index (κ2) is 5.95. The van der Waals surface area contributed by atoms with Crippen LogP contribution in [0.25, 0.3) is 0 Å². The van der Waals surface area contributed by atoms with E-state index in [0.29, 0.717) is 0 Å². The van der Waals surface area contributed by atoms with Gasteiger partial charge in [0, 0.05) is 0 Å². The number of benzene rings is 1. The summed E-state index contributed by atoms with van der Waals surface area (Å²) in [6.45, 7) is 2.02. The van der Waals surface area contributed by atoms with Crippen molar-refractivity contribution in [2.45, 2.75) is 19.4 Å². The van der Waals surface area contributed by atoms with E-state index in [2.05, 4.69) is 15.3 Å². The molecule has 0 aliphatic heterocycles. The first-order valence-electron chi connectivity index (χ1n) is 6.14. The summed E-state index contributed by atoms with van der Waals surface area (Å²) < 4.78 is 0. The van der Waals surface area contributed by atoms with E-state index in [1.807, 2.05) is 37.3 Å². The van der Waals surface area contributed by atoms with Crippen molar-refractivity contribution in [3.05, 3.63) is 54.0 Å². The maximum absolute atomic E-state index is 12.1. The number of amides is 1. The van der Waals surface area contributed by atoms with Crippen LogP contribution in [-0.2, 0) is 0 Å². The number of hydrogen-bond acceptors (Lipinski definition) is 4. The van der Waals surface area contributed by atoms with Gasteiger partial charge in [-0.2, -0.15) is 0 Å². The van der Waals surface area contributed by atoms with Crippen LogP contribution in [0.4, 0.5) is 5.82 Å². The van der Waals surface area contributed by atoms with Gasteiger partial charge >= 0.3 is 0 Å². The second-order valence-corrected chi connectivity index (χ2v) is 4.17. The Morgan fingerprint density at radius 3 is 2.68 bits per heavy atom. The molecule has 5 nitrogen and oxygen atoms in total. The summed E-state index contributed by atoms with van der Waals surface area (Å²) in [5.74, 6) is -0.0316. The first-order chi connectivity index (χ1) is 9.20. The molecule has 98 valence electrons. The number of nitrogens with zero attached hydrogens (tertiary/aromatic N) is 2. The fourth-order valence-electron chi connectivity index (χ4n) is 1.83. The fraction of sp³-hybridized carbons (Fsp3) is 0.214. The maximum Gasteiger partial charge on any atom is 0.272 e. The van der Waals surface area contributed by atoms with Crippen molar-refractivity contribution in [1.29, 1.82) is 0 Å². The number of carbonyl (C=O) groups is 1. The van der Waals surface area contributed by atoms with Gasteiger partial charge < -0.3 is 11.1 Å². The molecule has 1 amide bonds. The van der Waals surface area contributed by atoms with Gasteiger partial charge in [0.1, 0.15) is 11.5 Å². The zero-order valence-electron chi connectivity index (χ0n) is 10.7. The van der Waals surface area contributed by atoms with Gasteiger partial charge in [-0.15, -0.1) is 0 Å². The summed E-state index contributed by atoms with van der Waals surface area (Å²) in [6.07, 6.45) is 3.61. The van der Waals surface area contributed by atoms with Crippen molar-refractivity contribution in [1.82, 2.24) is 15.3 Å². The summed E-state index contributed by atoms with van der Waals surface area (Å²) in [4.78, 5) is 19.9. The van der Waals surface area contributed by atoms with E-state index in [-0.39, 0.29) is 23.5 Å². The molecule has 1 aromatic heterocycles. The number of carbonyl (C=O) groups excluding carboxylic acids is 1. The molecule has 0 spiro atoms. The van der Waals surface area contributed by atoms with Crippen LogP contribution in [0.3, 0.4) is 0 Å². The van der Waals surface area contributed by atoms with E-state index in [9.17, 15) is 4.79 Å². The number of rotatable bonds is 4. The SMILES string of the molecule is CCC(NC(=O)c1cncc(N)n1)c1ccccc1. The van der Waals surface area contributed by atoms with Crippen LogP contribution in [0, 0.1) is 0 Å². The summed E-state index contributed by atoms with van der Waals surface area (Å²) in [5.41, 5.74) is 6.81. The van der Waals surface area contributed by atoms with Crippen molar-refractivity contribution in [2.75, 3.05) is 5.73 Å². The molecule has 2 rings (SSSR count). The minimum Gasteiger partial charge on any atom is -0.382 e. The van der Waals surface area contributed by atoms with Gasteiger partial charge in [0.2, 0.25) is 0 Å². The van der Waals surface area contributed by atoms with Gasteiger partial charge in [0.25, 0.3) is 5.91 Å². The number of aromatic nitrogens is 2. The zero-order valence-corrected chi connectivity index (χ0v) is 10.7. The second-order valence-electron chi connectivity index (χ2n) is 4.17. The fourth-order valence-corrected chi connectivity index (χ4v) is 1.83. The van der Waals surface area contributed by atoms with Crippen LogP contribution >= 0.6 is 0 Å². The van der Waals surface area contributed by atoms with Crippen LogP contribution in [0.15, 0.2) is 42.7 Å². The lowest BCUT2D eigenvalue weighted by Crippen LogP contribution is -2.29. The van der Waals surface area contributed by atoms with E-state index in [1.165, 1.54) is 12.4 Å². The first-order valence-corrected chi connectivity index (χ1v) is 6.14. The van der Waals surface area contributed by atoms with Gasteiger partial charge in [-0.3, -0.25) is 9.78 Å². The van der Waals surface area contributed by atoms with E-state index in [0.717, 1.165) is 12.0 Å². The van der Waals surface area contributed by atoms with E-state index < -0.39 is 0 Å². The Bertz CT molecular complexity index is 556. The molecule has 1 aromatic carbocycles. The van der Waals surface area contributed by atoms with E-state index in [1.54, 1.807) is 0 Å². The smallest absolute Gasteiger partial charge is 0.272 e. The highest BCUT2D eigenvalue weighted by molar-refractivity contribution is 5.92. The van der Waals surface area contributed by atoms with Crippen molar-refractivity contribution in [3.63, 3.8) is 0 Å². The summed E-state index contributed by atoms with van der Waals surface area (Å²) >= 11 is 0. The molecule has 0 aliphatic carbocycles.